The average Bonchev–Trinajstić information content (AvgIpc) is 3.48. The van der Waals surface area contributed by atoms with Crippen molar-refractivity contribution in [2.75, 3.05) is 42.6 Å². The summed E-state index contributed by atoms with van der Waals surface area (Å²) in [5.41, 5.74) is 5.90. The monoisotopic (exact) mass is 581 g/mol. The summed E-state index contributed by atoms with van der Waals surface area (Å²) in [5, 5.41) is 12.6. The molecule has 8 nitrogen and oxygen atoms in total. The van der Waals surface area contributed by atoms with Crippen molar-refractivity contribution >= 4 is 32.3 Å². The molecule has 0 radical (unpaired) electrons. The number of carboxylic acid groups (broad SMARTS) is 1. The third kappa shape index (κ3) is 5.49. The molecule has 212 valence electrons. The van der Waals surface area contributed by atoms with Gasteiger partial charge < -0.3 is 14.7 Å². The number of aromatic nitrogens is 1. The molecule has 0 bridgehead atoms. The zero-order valence-corrected chi connectivity index (χ0v) is 24.6. The SMILES string of the molecule is Cc1ccc(OCc2ccc(CN3CCS(=O)(=O)CC3)cc2C)c(-c2csc(N3CC[C@@]4(C(=O)O)C[C@H]4C3)n2)c1. The molecular formula is C30H35N3O5S2. The predicted octanol–water partition coefficient (Wildman–Crippen LogP) is 4.54. The number of benzene rings is 2. The second-order valence-electron chi connectivity index (χ2n) is 11.6. The third-order valence-electron chi connectivity index (χ3n) is 8.73. The van der Waals surface area contributed by atoms with E-state index in [-0.39, 0.29) is 17.4 Å². The first-order valence-corrected chi connectivity index (χ1v) is 16.5. The first-order chi connectivity index (χ1) is 19.1. The molecule has 1 saturated carbocycles. The molecule has 1 N–H and O–H groups in total. The van der Waals surface area contributed by atoms with Crippen LogP contribution in [0.15, 0.2) is 41.8 Å². The van der Waals surface area contributed by atoms with Crippen molar-refractivity contribution in [3.63, 3.8) is 0 Å². The molecule has 3 fully saturated rings. The molecule has 2 aromatic carbocycles. The highest BCUT2D eigenvalue weighted by Gasteiger charge is 2.62. The van der Waals surface area contributed by atoms with Gasteiger partial charge in [0.05, 0.1) is 22.6 Å². The van der Waals surface area contributed by atoms with E-state index >= 15 is 0 Å². The molecule has 10 heteroatoms. The van der Waals surface area contributed by atoms with Gasteiger partial charge in [0.2, 0.25) is 0 Å². The van der Waals surface area contributed by atoms with E-state index in [0.717, 1.165) is 64.9 Å². The molecule has 1 aliphatic carbocycles. The van der Waals surface area contributed by atoms with Crippen LogP contribution in [0.4, 0.5) is 5.13 Å². The fraction of sp³-hybridized carbons (Fsp3) is 0.467. The van der Waals surface area contributed by atoms with Crippen LogP contribution in [0, 0.1) is 25.2 Å². The number of hydrogen-bond acceptors (Lipinski definition) is 8. The summed E-state index contributed by atoms with van der Waals surface area (Å²) in [6, 6.07) is 12.5. The zero-order chi connectivity index (χ0) is 28.1. The lowest BCUT2D eigenvalue weighted by molar-refractivity contribution is -0.144. The van der Waals surface area contributed by atoms with Crippen LogP contribution in [-0.2, 0) is 27.8 Å². The van der Waals surface area contributed by atoms with Gasteiger partial charge in [-0.3, -0.25) is 9.69 Å². The number of aryl methyl sites for hydroxylation is 2. The number of hydrogen-bond donors (Lipinski definition) is 1. The number of rotatable bonds is 8. The Balaban J connectivity index is 1.12. The standard InChI is InChI=1S/C30H35N3O5S2/c1-20-3-6-27(38-18-23-5-4-22(14-21(23)2)16-32-9-11-40(36,37)12-10-32)25(13-20)26-19-39-29(31-26)33-8-7-30(28(34)35)15-24(30)17-33/h3-6,13-14,19,24H,7-12,15-18H2,1-2H3,(H,34,35)/t24-,30+/m0/s1. The molecule has 1 aromatic heterocycles. The summed E-state index contributed by atoms with van der Waals surface area (Å²) in [7, 11) is -2.88. The molecule has 0 unspecified atom stereocenters. The van der Waals surface area contributed by atoms with Gasteiger partial charge in [-0.15, -0.1) is 11.3 Å². The summed E-state index contributed by atoms with van der Waals surface area (Å²) in [5.74, 6) is 0.825. The quantitative estimate of drug-likeness (QED) is 0.414. The van der Waals surface area contributed by atoms with Crippen LogP contribution in [0.25, 0.3) is 11.3 Å². The van der Waals surface area contributed by atoms with Crippen molar-refractivity contribution < 1.29 is 23.1 Å². The van der Waals surface area contributed by atoms with Crippen molar-refractivity contribution in [1.82, 2.24) is 9.88 Å². The van der Waals surface area contributed by atoms with Gasteiger partial charge >= 0.3 is 5.97 Å². The van der Waals surface area contributed by atoms with E-state index in [9.17, 15) is 18.3 Å². The van der Waals surface area contributed by atoms with Gasteiger partial charge in [0.1, 0.15) is 12.4 Å². The van der Waals surface area contributed by atoms with E-state index in [1.54, 1.807) is 11.3 Å². The Morgan fingerprint density at radius 3 is 2.67 bits per heavy atom. The van der Waals surface area contributed by atoms with Crippen molar-refractivity contribution in [2.24, 2.45) is 11.3 Å². The van der Waals surface area contributed by atoms with Crippen molar-refractivity contribution in [1.29, 1.82) is 0 Å². The van der Waals surface area contributed by atoms with Crippen LogP contribution in [-0.4, -0.2) is 67.1 Å². The van der Waals surface area contributed by atoms with Gasteiger partial charge in [0.25, 0.3) is 0 Å². The van der Waals surface area contributed by atoms with Gasteiger partial charge in [-0.05, 0) is 61.4 Å². The number of fused-ring (bicyclic) bond motifs is 1. The van der Waals surface area contributed by atoms with Crippen molar-refractivity contribution in [3.05, 3.63) is 64.0 Å². The first-order valence-electron chi connectivity index (χ1n) is 13.8. The predicted molar refractivity (Wildman–Crippen MR) is 157 cm³/mol. The number of sulfone groups is 1. The smallest absolute Gasteiger partial charge is 0.310 e. The average molecular weight is 582 g/mol. The normalized spacial score (nSPS) is 23.9. The van der Waals surface area contributed by atoms with Gasteiger partial charge in [-0.25, -0.2) is 13.4 Å². The number of carbonyl (C=O) groups is 1. The van der Waals surface area contributed by atoms with Crippen LogP contribution in [0.3, 0.4) is 0 Å². The Morgan fingerprint density at radius 1 is 1.15 bits per heavy atom. The number of anilines is 1. The third-order valence-corrected chi connectivity index (χ3v) is 11.2. The molecule has 3 aliphatic rings. The number of carboxylic acids is 1. The second-order valence-corrected chi connectivity index (χ2v) is 14.7. The molecule has 0 spiro atoms. The Bertz CT molecular complexity index is 1540. The van der Waals surface area contributed by atoms with E-state index in [1.807, 2.05) is 12.1 Å². The number of aliphatic carboxylic acids is 1. The summed E-state index contributed by atoms with van der Waals surface area (Å²) >= 11 is 1.60. The largest absolute Gasteiger partial charge is 0.488 e. The van der Waals surface area contributed by atoms with E-state index < -0.39 is 21.2 Å². The van der Waals surface area contributed by atoms with Crippen molar-refractivity contribution in [3.8, 4) is 17.0 Å². The Labute approximate surface area is 239 Å². The number of thiazole rings is 1. The highest BCUT2D eigenvalue weighted by molar-refractivity contribution is 7.91. The Kier molecular flexibility index (Phi) is 7.13. The molecule has 2 aliphatic heterocycles. The van der Waals surface area contributed by atoms with Gasteiger partial charge in [0.15, 0.2) is 15.0 Å². The molecule has 6 rings (SSSR count). The van der Waals surface area contributed by atoms with E-state index in [2.05, 4.69) is 53.3 Å². The van der Waals surface area contributed by atoms with Gasteiger partial charge in [-0.2, -0.15) is 0 Å². The van der Waals surface area contributed by atoms with E-state index in [1.165, 1.54) is 5.56 Å². The minimum atomic E-state index is -2.88. The first kappa shape index (κ1) is 27.2. The van der Waals surface area contributed by atoms with E-state index in [4.69, 9.17) is 9.72 Å². The molecule has 0 amide bonds. The van der Waals surface area contributed by atoms with Gasteiger partial charge in [0, 0.05) is 43.7 Å². The molecular weight excluding hydrogens is 546 g/mol. The Morgan fingerprint density at radius 2 is 1.95 bits per heavy atom. The topological polar surface area (TPSA) is 100 Å². The lowest BCUT2D eigenvalue weighted by Crippen LogP contribution is -2.39. The zero-order valence-electron chi connectivity index (χ0n) is 22.9. The van der Waals surface area contributed by atoms with Crippen LogP contribution >= 0.6 is 11.3 Å². The lowest BCUT2D eigenvalue weighted by Gasteiger charge is -2.29. The van der Waals surface area contributed by atoms with Crippen LogP contribution < -0.4 is 9.64 Å². The van der Waals surface area contributed by atoms with Gasteiger partial charge in [-0.1, -0.05) is 29.8 Å². The molecule has 2 atom stereocenters. The summed E-state index contributed by atoms with van der Waals surface area (Å²) in [4.78, 5) is 21.0. The van der Waals surface area contributed by atoms with E-state index in [0.29, 0.717) is 26.1 Å². The fourth-order valence-electron chi connectivity index (χ4n) is 6.00. The number of piperidine rings is 1. The highest BCUT2D eigenvalue weighted by Crippen LogP contribution is 2.58. The molecule has 3 heterocycles. The summed E-state index contributed by atoms with van der Waals surface area (Å²) in [6.45, 7) is 7.98. The number of nitrogens with zero attached hydrogens (tertiary/aromatic N) is 3. The maximum absolute atomic E-state index is 11.7. The van der Waals surface area contributed by atoms with Crippen LogP contribution in [0.5, 0.6) is 5.75 Å². The molecule has 2 saturated heterocycles. The molecule has 40 heavy (non-hydrogen) atoms. The van der Waals surface area contributed by atoms with Crippen LogP contribution in [0.1, 0.15) is 35.1 Å². The maximum Gasteiger partial charge on any atom is 0.310 e. The summed E-state index contributed by atoms with van der Waals surface area (Å²) in [6.07, 6.45) is 1.45. The highest BCUT2D eigenvalue weighted by atomic mass is 32.2. The molecule has 3 aromatic rings. The fourth-order valence-corrected chi connectivity index (χ4v) is 8.14. The minimum absolute atomic E-state index is 0.217. The Hall–Kier alpha value is -2.95. The minimum Gasteiger partial charge on any atom is -0.488 e. The lowest BCUT2D eigenvalue weighted by atomic mass is 9.96. The maximum atomic E-state index is 11.7. The van der Waals surface area contributed by atoms with Crippen molar-refractivity contribution in [2.45, 2.75) is 39.8 Å². The second kappa shape index (κ2) is 10.5. The van der Waals surface area contributed by atoms with Crippen LogP contribution in [0.2, 0.25) is 0 Å². The number of ether oxygens (including phenoxy) is 1. The summed E-state index contributed by atoms with van der Waals surface area (Å²) < 4.78 is 29.8.